The lowest BCUT2D eigenvalue weighted by molar-refractivity contribution is -0.122. The van der Waals surface area contributed by atoms with Crippen LogP contribution in [0, 0.1) is 0 Å². The molecule has 1 saturated heterocycles. The number of amides is 2. The Labute approximate surface area is 187 Å². The summed E-state index contributed by atoms with van der Waals surface area (Å²) in [5.74, 6) is -0.0280. The molecule has 0 spiro atoms. The fourth-order valence-corrected chi connectivity index (χ4v) is 4.68. The van der Waals surface area contributed by atoms with Gasteiger partial charge in [-0.2, -0.15) is 0 Å². The van der Waals surface area contributed by atoms with Crippen LogP contribution in [0.25, 0.3) is 22.6 Å². The number of benzene rings is 2. The molecule has 0 bridgehead atoms. The van der Waals surface area contributed by atoms with Gasteiger partial charge in [0.2, 0.25) is 5.91 Å². The van der Waals surface area contributed by atoms with E-state index in [2.05, 4.69) is 5.32 Å². The zero-order valence-corrected chi connectivity index (χ0v) is 18.2. The van der Waals surface area contributed by atoms with E-state index in [-0.39, 0.29) is 24.5 Å². The number of nitrogens with zero attached hydrogens (tertiary/aromatic N) is 2. The van der Waals surface area contributed by atoms with Gasteiger partial charge in [-0.1, -0.05) is 36.4 Å². The van der Waals surface area contributed by atoms with E-state index in [1.54, 1.807) is 4.90 Å². The van der Waals surface area contributed by atoms with Gasteiger partial charge in [-0.3, -0.25) is 9.59 Å². The summed E-state index contributed by atoms with van der Waals surface area (Å²) in [6, 6.07) is 15.9. The molecule has 32 heavy (non-hydrogen) atoms. The van der Waals surface area contributed by atoms with Gasteiger partial charge in [0.25, 0.3) is 5.91 Å². The monoisotopic (exact) mass is 429 g/mol. The molecule has 0 radical (unpaired) electrons. The summed E-state index contributed by atoms with van der Waals surface area (Å²) in [6.45, 7) is 4.16. The summed E-state index contributed by atoms with van der Waals surface area (Å²) in [5, 5.41) is 4.01. The van der Waals surface area contributed by atoms with Gasteiger partial charge in [-0.25, -0.2) is 0 Å². The van der Waals surface area contributed by atoms with Gasteiger partial charge in [-0.15, -0.1) is 0 Å². The van der Waals surface area contributed by atoms with Crippen molar-refractivity contribution in [3.63, 3.8) is 0 Å². The van der Waals surface area contributed by atoms with Gasteiger partial charge >= 0.3 is 0 Å². The maximum absolute atomic E-state index is 13.1. The fourth-order valence-electron chi connectivity index (χ4n) is 4.68. The average Bonchev–Trinajstić information content (AvgIpc) is 3.51. The largest absolute Gasteiger partial charge is 0.376 e. The van der Waals surface area contributed by atoms with Gasteiger partial charge in [0, 0.05) is 53.5 Å². The second-order valence-corrected chi connectivity index (χ2v) is 8.29. The molecule has 1 unspecified atom stereocenters. The molecule has 3 heterocycles. The number of rotatable bonds is 6. The van der Waals surface area contributed by atoms with Crippen LogP contribution in [0.4, 0.5) is 5.69 Å². The third-order valence-corrected chi connectivity index (χ3v) is 6.26. The first kappa shape index (κ1) is 20.5. The van der Waals surface area contributed by atoms with Gasteiger partial charge in [0.05, 0.1) is 11.8 Å². The first-order chi connectivity index (χ1) is 15.7. The minimum absolute atomic E-state index is 0.0137. The first-order valence-electron chi connectivity index (χ1n) is 11.2. The highest BCUT2D eigenvalue weighted by atomic mass is 16.5. The molecule has 2 amide bonds. The molecule has 5 rings (SSSR count). The maximum atomic E-state index is 13.1. The lowest BCUT2D eigenvalue weighted by Gasteiger charge is -2.13. The number of hydrogen-bond acceptors (Lipinski definition) is 3. The van der Waals surface area contributed by atoms with Gasteiger partial charge in [-0.05, 0) is 38.0 Å². The minimum Gasteiger partial charge on any atom is -0.376 e. The quantitative estimate of drug-likeness (QED) is 0.606. The third kappa shape index (κ3) is 3.71. The molecule has 1 aromatic heterocycles. The summed E-state index contributed by atoms with van der Waals surface area (Å²) in [4.78, 5) is 27.5. The molecule has 1 fully saturated rings. The Balaban J connectivity index is 1.45. The Morgan fingerprint density at radius 1 is 1.19 bits per heavy atom. The highest BCUT2D eigenvalue weighted by Crippen LogP contribution is 2.38. The molecule has 0 saturated carbocycles. The zero-order valence-electron chi connectivity index (χ0n) is 18.2. The molecule has 6 nitrogen and oxygen atoms in total. The zero-order chi connectivity index (χ0) is 22.1. The highest BCUT2D eigenvalue weighted by Gasteiger charge is 2.31. The number of likely N-dealkylation sites (N-methyl/N-ethyl adjacent to an activating group) is 1. The molecule has 0 aliphatic carbocycles. The number of ether oxygens (including phenoxy) is 1. The first-order valence-corrected chi connectivity index (χ1v) is 11.2. The van der Waals surface area contributed by atoms with E-state index in [4.69, 9.17) is 4.74 Å². The topological polar surface area (TPSA) is 63.6 Å². The van der Waals surface area contributed by atoms with Crippen LogP contribution >= 0.6 is 0 Å². The summed E-state index contributed by atoms with van der Waals surface area (Å²) in [6.07, 6.45) is 6.09. The highest BCUT2D eigenvalue weighted by molar-refractivity contribution is 6.36. The molecular formula is C26H27N3O3. The van der Waals surface area contributed by atoms with Gasteiger partial charge in [0.1, 0.15) is 6.54 Å². The Bertz CT molecular complexity index is 1200. The van der Waals surface area contributed by atoms with Crippen LogP contribution in [0.1, 0.15) is 30.9 Å². The molecular weight excluding hydrogens is 402 g/mol. The standard InChI is InChI=1S/C26H27N3O3/c1-2-29-24-12-6-4-10-21(24)22(26(29)31)14-18-16-28(23-11-5-3-9-20(18)23)17-25(30)27-15-19-8-7-13-32-19/h3-6,9-12,14,16,19H,2,7-8,13,15,17H2,1H3,(H,27,30). The third-order valence-electron chi connectivity index (χ3n) is 6.26. The second kappa shape index (κ2) is 8.63. The van der Waals surface area contributed by atoms with Crippen molar-refractivity contribution in [2.45, 2.75) is 32.4 Å². The predicted molar refractivity (Wildman–Crippen MR) is 126 cm³/mol. The van der Waals surface area contributed by atoms with Gasteiger partial charge < -0.3 is 19.5 Å². The second-order valence-electron chi connectivity index (χ2n) is 8.29. The molecule has 2 aliphatic rings. The summed E-state index contributed by atoms with van der Waals surface area (Å²) < 4.78 is 7.55. The lowest BCUT2D eigenvalue weighted by atomic mass is 10.0. The minimum atomic E-state index is -0.0418. The average molecular weight is 430 g/mol. The van der Waals surface area contributed by atoms with Crippen molar-refractivity contribution in [1.29, 1.82) is 0 Å². The number of hydrogen-bond donors (Lipinski definition) is 1. The Kier molecular flexibility index (Phi) is 5.53. The summed E-state index contributed by atoms with van der Waals surface area (Å²) in [7, 11) is 0. The van der Waals surface area contributed by atoms with Crippen LogP contribution in [-0.2, 0) is 20.9 Å². The van der Waals surface area contributed by atoms with E-state index in [0.717, 1.165) is 47.2 Å². The molecule has 1 N–H and O–H groups in total. The van der Waals surface area contributed by atoms with E-state index in [9.17, 15) is 9.59 Å². The number of anilines is 1. The molecule has 3 aromatic rings. The number of aromatic nitrogens is 1. The smallest absolute Gasteiger partial charge is 0.258 e. The fraction of sp³-hybridized carbons (Fsp3) is 0.308. The van der Waals surface area contributed by atoms with Crippen LogP contribution in [0.15, 0.2) is 54.7 Å². The van der Waals surface area contributed by atoms with Crippen LogP contribution in [0.3, 0.4) is 0 Å². The number of carbonyl (C=O) groups excluding carboxylic acids is 2. The molecule has 2 aromatic carbocycles. The van der Waals surface area contributed by atoms with Crippen molar-refractivity contribution < 1.29 is 14.3 Å². The van der Waals surface area contributed by atoms with E-state index in [1.165, 1.54) is 0 Å². The maximum Gasteiger partial charge on any atom is 0.258 e. The Hall–Kier alpha value is -3.38. The molecule has 1 atom stereocenters. The van der Waals surface area contributed by atoms with Crippen LogP contribution < -0.4 is 10.2 Å². The SMILES string of the molecule is CCN1C(=O)C(=Cc2cn(CC(=O)NCC3CCCO3)c3ccccc23)c2ccccc21. The van der Waals surface area contributed by atoms with E-state index >= 15 is 0 Å². The summed E-state index contributed by atoms with van der Waals surface area (Å²) in [5.41, 5.74) is 4.49. The van der Waals surface area contributed by atoms with E-state index < -0.39 is 0 Å². The number of carbonyl (C=O) groups is 2. The summed E-state index contributed by atoms with van der Waals surface area (Å²) >= 11 is 0. The molecule has 6 heteroatoms. The molecule has 2 aliphatic heterocycles. The molecule has 164 valence electrons. The normalized spacial score (nSPS) is 19.2. The van der Waals surface area contributed by atoms with Crippen LogP contribution in [0.5, 0.6) is 0 Å². The van der Waals surface area contributed by atoms with Crippen LogP contribution in [0.2, 0.25) is 0 Å². The van der Waals surface area contributed by atoms with E-state index in [0.29, 0.717) is 18.7 Å². The van der Waals surface area contributed by atoms with Crippen molar-refractivity contribution in [2.24, 2.45) is 0 Å². The van der Waals surface area contributed by atoms with Crippen molar-refractivity contribution in [1.82, 2.24) is 9.88 Å². The Morgan fingerprint density at radius 3 is 2.81 bits per heavy atom. The predicted octanol–water partition coefficient (Wildman–Crippen LogP) is 3.84. The van der Waals surface area contributed by atoms with Gasteiger partial charge in [0.15, 0.2) is 0 Å². The number of para-hydroxylation sites is 2. The van der Waals surface area contributed by atoms with Crippen molar-refractivity contribution in [3.05, 3.63) is 65.9 Å². The number of fused-ring (bicyclic) bond motifs is 2. The number of nitrogens with one attached hydrogen (secondary N) is 1. The van der Waals surface area contributed by atoms with Crippen LogP contribution in [-0.4, -0.2) is 42.2 Å². The van der Waals surface area contributed by atoms with Crippen molar-refractivity contribution in [2.75, 3.05) is 24.6 Å². The van der Waals surface area contributed by atoms with Crippen molar-refractivity contribution in [3.8, 4) is 0 Å². The Morgan fingerprint density at radius 2 is 2.00 bits per heavy atom. The lowest BCUT2D eigenvalue weighted by Crippen LogP contribution is -2.34. The van der Waals surface area contributed by atoms with Crippen molar-refractivity contribution >= 4 is 40.1 Å². The van der Waals surface area contributed by atoms with E-state index in [1.807, 2.05) is 72.3 Å².